The molecule has 2 aliphatic rings. The maximum absolute atomic E-state index is 9.25. The van der Waals surface area contributed by atoms with Crippen LogP contribution in [-0.4, -0.2) is 35.3 Å². The third-order valence-electron chi connectivity index (χ3n) is 4.07. The first kappa shape index (κ1) is 11.7. The smallest absolute Gasteiger partial charge is 0.0462 e. The minimum Gasteiger partial charge on any atom is -0.396 e. The number of hydrogen-bond donors (Lipinski definition) is 2. The van der Waals surface area contributed by atoms with Crippen LogP contribution >= 0.6 is 11.8 Å². The molecule has 4 unspecified atom stereocenters. The summed E-state index contributed by atoms with van der Waals surface area (Å²) in [6.45, 7) is 3.84. The third-order valence-corrected chi connectivity index (χ3v) is 5.40. The fraction of sp³-hybridized carbons (Fsp3) is 1.00. The van der Waals surface area contributed by atoms with Crippen molar-refractivity contribution in [1.29, 1.82) is 0 Å². The Balaban J connectivity index is 1.72. The fourth-order valence-corrected chi connectivity index (χ4v) is 4.15. The number of rotatable bonds is 4. The second-order valence-corrected chi connectivity index (χ2v) is 6.50. The Labute approximate surface area is 97.2 Å². The molecule has 2 N–H and O–H groups in total. The van der Waals surface area contributed by atoms with Crippen LogP contribution in [0.25, 0.3) is 0 Å². The van der Waals surface area contributed by atoms with Gasteiger partial charge in [0.05, 0.1) is 0 Å². The van der Waals surface area contributed by atoms with E-state index in [0.29, 0.717) is 12.5 Å². The van der Waals surface area contributed by atoms with Gasteiger partial charge in [0, 0.05) is 17.9 Å². The van der Waals surface area contributed by atoms with E-state index in [9.17, 15) is 5.11 Å². The van der Waals surface area contributed by atoms with Gasteiger partial charge in [-0.25, -0.2) is 0 Å². The predicted molar refractivity (Wildman–Crippen MR) is 66.2 cm³/mol. The first-order valence-corrected chi connectivity index (χ1v) is 7.32. The summed E-state index contributed by atoms with van der Waals surface area (Å²) < 4.78 is 0. The van der Waals surface area contributed by atoms with Crippen LogP contribution in [0.3, 0.4) is 0 Å². The third kappa shape index (κ3) is 2.89. The van der Waals surface area contributed by atoms with Gasteiger partial charge in [-0.15, -0.1) is 0 Å². The molecule has 0 radical (unpaired) electrons. The molecule has 3 heteroatoms. The van der Waals surface area contributed by atoms with Gasteiger partial charge in [-0.2, -0.15) is 11.8 Å². The van der Waals surface area contributed by atoms with E-state index in [1.807, 2.05) is 0 Å². The van der Waals surface area contributed by atoms with Crippen molar-refractivity contribution in [2.24, 2.45) is 11.8 Å². The van der Waals surface area contributed by atoms with Crippen molar-refractivity contribution in [2.45, 2.75) is 43.9 Å². The molecular weight excluding hydrogens is 206 g/mol. The molecular formula is C12H23NOS. The summed E-state index contributed by atoms with van der Waals surface area (Å²) in [7, 11) is 0. The zero-order chi connectivity index (χ0) is 10.7. The lowest BCUT2D eigenvalue weighted by Crippen LogP contribution is -2.38. The van der Waals surface area contributed by atoms with E-state index < -0.39 is 0 Å². The van der Waals surface area contributed by atoms with E-state index in [2.05, 4.69) is 24.0 Å². The minimum absolute atomic E-state index is 0.390. The van der Waals surface area contributed by atoms with Gasteiger partial charge in [-0.05, 0) is 43.4 Å². The van der Waals surface area contributed by atoms with Gasteiger partial charge in [0.15, 0.2) is 0 Å². The number of hydrogen-bond acceptors (Lipinski definition) is 3. The highest BCUT2D eigenvalue weighted by Crippen LogP contribution is 2.32. The second-order valence-electron chi connectivity index (χ2n) is 5.01. The van der Waals surface area contributed by atoms with E-state index in [1.165, 1.54) is 31.4 Å². The Hall–Kier alpha value is 0.270. The largest absolute Gasteiger partial charge is 0.396 e. The highest BCUT2D eigenvalue weighted by molar-refractivity contribution is 8.00. The molecule has 1 aliphatic carbocycles. The molecule has 0 bridgehead atoms. The Morgan fingerprint density at radius 3 is 2.73 bits per heavy atom. The minimum atomic E-state index is 0.390. The quantitative estimate of drug-likeness (QED) is 0.772. The zero-order valence-corrected chi connectivity index (χ0v) is 10.4. The SMILES string of the molecule is CC1SCCC1NCC1CCCC1CO. The van der Waals surface area contributed by atoms with Gasteiger partial charge in [-0.1, -0.05) is 13.3 Å². The van der Waals surface area contributed by atoms with E-state index in [-0.39, 0.29) is 0 Å². The maximum atomic E-state index is 9.25. The lowest BCUT2D eigenvalue weighted by atomic mass is 9.96. The summed E-state index contributed by atoms with van der Waals surface area (Å²) >= 11 is 2.08. The summed E-state index contributed by atoms with van der Waals surface area (Å²) in [6.07, 6.45) is 5.18. The number of aliphatic hydroxyl groups excluding tert-OH is 1. The van der Waals surface area contributed by atoms with Crippen LogP contribution in [-0.2, 0) is 0 Å². The van der Waals surface area contributed by atoms with Crippen molar-refractivity contribution in [2.75, 3.05) is 18.9 Å². The molecule has 0 spiro atoms. The summed E-state index contributed by atoms with van der Waals surface area (Å²) in [5, 5.41) is 13.7. The molecule has 0 amide bonds. The van der Waals surface area contributed by atoms with Crippen LogP contribution in [0.15, 0.2) is 0 Å². The summed E-state index contributed by atoms with van der Waals surface area (Å²) in [4.78, 5) is 0. The molecule has 1 saturated heterocycles. The van der Waals surface area contributed by atoms with Gasteiger partial charge < -0.3 is 10.4 Å². The first-order valence-electron chi connectivity index (χ1n) is 6.27. The van der Waals surface area contributed by atoms with Crippen LogP contribution in [0, 0.1) is 11.8 Å². The zero-order valence-electron chi connectivity index (χ0n) is 9.61. The van der Waals surface area contributed by atoms with Gasteiger partial charge >= 0.3 is 0 Å². The molecule has 15 heavy (non-hydrogen) atoms. The molecule has 2 fully saturated rings. The second kappa shape index (κ2) is 5.55. The first-order chi connectivity index (χ1) is 7.31. The van der Waals surface area contributed by atoms with Crippen LogP contribution in [0.5, 0.6) is 0 Å². The molecule has 1 aliphatic heterocycles. The van der Waals surface area contributed by atoms with E-state index >= 15 is 0 Å². The van der Waals surface area contributed by atoms with Crippen LogP contribution in [0.2, 0.25) is 0 Å². The fourth-order valence-electron chi connectivity index (χ4n) is 2.93. The van der Waals surface area contributed by atoms with E-state index in [4.69, 9.17) is 0 Å². The van der Waals surface area contributed by atoms with Crippen molar-refractivity contribution >= 4 is 11.8 Å². The van der Waals surface area contributed by atoms with Gasteiger partial charge in [-0.3, -0.25) is 0 Å². The highest BCUT2D eigenvalue weighted by Gasteiger charge is 2.29. The normalized spacial score (nSPS) is 41.2. The lowest BCUT2D eigenvalue weighted by Gasteiger charge is -2.22. The van der Waals surface area contributed by atoms with Crippen molar-refractivity contribution in [3.05, 3.63) is 0 Å². The Kier molecular flexibility index (Phi) is 4.35. The summed E-state index contributed by atoms with van der Waals surface area (Å²) in [5.74, 6) is 2.61. The van der Waals surface area contributed by atoms with Gasteiger partial charge in [0.25, 0.3) is 0 Å². The van der Waals surface area contributed by atoms with Crippen molar-refractivity contribution < 1.29 is 5.11 Å². The van der Waals surface area contributed by atoms with E-state index in [1.54, 1.807) is 0 Å². The number of nitrogens with one attached hydrogen (secondary N) is 1. The van der Waals surface area contributed by atoms with Crippen molar-refractivity contribution in [3.8, 4) is 0 Å². The van der Waals surface area contributed by atoms with Crippen LogP contribution in [0.4, 0.5) is 0 Å². The molecule has 0 aromatic carbocycles. The van der Waals surface area contributed by atoms with Gasteiger partial charge in [0.2, 0.25) is 0 Å². The Morgan fingerprint density at radius 2 is 2.07 bits per heavy atom. The van der Waals surface area contributed by atoms with E-state index in [0.717, 1.165) is 23.8 Å². The molecule has 0 aromatic rings. The van der Waals surface area contributed by atoms with Gasteiger partial charge in [0.1, 0.15) is 0 Å². The predicted octanol–water partition coefficient (Wildman–Crippen LogP) is 1.88. The topological polar surface area (TPSA) is 32.3 Å². The number of aliphatic hydroxyl groups is 1. The summed E-state index contributed by atoms with van der Waals surface area (Å²) in [5.41, 5.74) is 0. The maximum Gasteiger partial charge on any atom is 0.0462 e. The van der Waals surface area contributed by atoms with Crippen molar-refractivity contribution in [1.82, 2.24) is 5.32 Å². The average Bonchev–Trinajstić information content (AvgIpc) is 2.83. The molecule has 0 aromatic heterocycles. The lowest BCUT2D eigenvalue weighted by molar-refractivity contribution is 0.190. The molecule has 1 heterocycles. The standard InChI is InChI=1S/C12H23NOS/c1-9-12(5-6-15-9)13-7-10-3-2-4-11(10)8-14/h9-14H,2-8H2,1H3. The molecule has 2 rings (SSSR count). The van der Waals surface area contributed by atoms with Crippen molar-refractivity contribution in [3.63, 3.8) is 0 Å². The molecule has 2 nitrogen and oxygen atoms in total. The summed E-state index contributed by atoms with van der Waals surface area (Å²) in [6, 6.07) is 0.718. The Morgan fingerprint density at radius 1 is 1.27 bits per heavy atom. The highest BCUT2D eigenvalue weighted by atomic mass is 32.2. The molecule has 88 valence electrons. The Bertz CT molecular complexity index is 200. The van der Waals surface area contributed by atoms with Crippen LogP contribution in [0.1, 0.15) is 32.6 Å². The van der Waals surface area contributed by atoms with Crippen LogP contribution < -0.4 is 5.32 Å². The average molecular weight is 229 g/mol. The number of thioether (sulfide) groups is 1. The monoisotopic (exact) mass is 229 g/mol. The molecule has 4 atom stereocenters. The molecule has 1 saturated carbocycles.